The summed E-state index contributed by atoms with van der Waals surface area (Å²) in [5.41, 5.74) is 0. The van der Waals surface area contributed by atoms with Crippen LogP contribution in [0.25, 0.3) is 0 Å². The fourth-order valence-electron chi connectivity index (χ4n) is 14.2. The second kappa shape index (κ2) is 48.2. The molecule has 18 heteroatoms. The number of hydrogen-bond donors (Lipinski definition) is 7. The van der Waals surface area contributed by atoms with Gasteiger partial charge >= 0.3 is 22.3 Å². The van der Waals surface area contributed by atoms with Gasteiger partial charge in [-0.3, -0.25) is 14.1 Å². The Morgan fingerprint density at radius 3 is 1.19 bits per heavy atom. The fourth-order valence-corrected chi connectivity index (χ4v) is 14.7. The van der Waals surface area contributed by atoms with E-state index in [0.29, 0.717) is 48.3 Å². The summed E-state index contributed by atoms with van der Waals surface area (Å²) in [4.78, 5) is 27.7. The number of unbranched alkanes of at least 4 members (excludes halogenated alkanes) is 26. The van der Waals surface area contributed by atoms with Crippen molar-refractivity contribution < 1.29 is 81.1 Å². The van der Waals surface area contributed by atoms with Crippen molar-refractivity contribution in [3.8, 4) is 0 Å². The van der Waals surface area contributed by atoms with Gasteiger partial charge in [0, 0.05) is 6.42 Å². The third-order valence-corrected chi connectivity index (χ3v) is 19.3. The SMILES string of the molecule is CCCCCCCCCCCCCCCCC[C@H](O)[C@H](C)C[C@H](C)C[C@H](C)C[C@H](C)C[C@H](C)C[C@H](C)C[C@H](C)C[C@@H](C)C(=O)O[C@@H]1[C@H](O[C@H]2O[C@H](CO)[C@@H](O)[C@H](O)[C@H]2OS(=O)(=O)O)O[C@@H](CO)[C@H](O)[C@H]1OC(=O)CCCCCCCCCCCCCCC. The Morgan fingerprint density at radius 2 is 0.795 bits per heavy atom. The molecule has 0 aromatic heterocycles. The van der Waals surface area contributed by atoms with E-state index < -0.39 is 103 Å². The number of rotatable bonds is 54. The van der Waals surface area contributed by atoms with Gasteiger partial charge in [-0.1, -0.05) is 243 Å². The number of carbonyl (C=O) groups is 2. The van der Waals surface area contributed by atoms with E-state index in [0.717, 1.165) is 77.0 Å². The molecule has 0 bridgehead atoms. The molecule has 2 aliphatic rings. The molecular formula is C70H134O17S. The molecule has 17 nitrogen and oxygen atoms in total. The lowest BCUT2D eigenvalue weighted by atomic mass is 9.80. The first-order chi connectivity index (χ1) is 41.9. The van der Waals surface area contributed by atoms with Gasteiger partial charge in [0.15, 0.2) is 24.6 Å². The maximum Gasteiger partial charge on any atom is 0.397 e. The van der Waals surface area contributed by atoms with Crippen molar-refractivity contribution in [1.82, 2.24) is 0 Å². The third-order valence-electron chi connectivity index (χ3n) is 18.8. The van der Waals surface area contributed by atoms with E-state index in [1.807, 2.05) is 0 Å². The Kier molecular flexibility index (Phi) is 45.2. The van der Waals surface area contributed by atoms with E-state index in [2.05, 4.69) is 66.5 Å². The number of aliphatic hydroxyl groups excluding tert-OH is 6. The molecule has 7 N–H and O–H groups in total. The molecule has 2 heterocycles. The quantitative estimate of drug-likeness (QED) is 0.0169. The minimum Gasteiger partial charge on any atom is -0.455 e. The first-order valence-corrected chi connectivity index (χ1v) is 37.3. The van der Waals surface area contributed by atoms with Crippen molar-refractivity contribution in [3.63, 3.8) is 0 Å². The molecule has 0 aromatic rings. The van der Waals surface area contributed by atoms with Crippen LogP contribution in [0.1, 0.15) is 307 Å². The standard InChI is InChI=1S/C70H134O17S/c1-11-13-15-17-19-21-23-25-26-28-29-31-33-35-37-39-58(73)56(9)46-54(7)44-52(5)42-50(3)41-51(4)43-53(6)45-55(8)47-57(10)68(78)85-67-65(84-61(74)40-38-36-34-32-30-27-24-22-20-18-16-14-12-2)63(76)60(49-72)83-70(67)86-69-66(87-88(79,80)81)64(77)62(75)59(48-71)82-69/h50-60,62-67,69-73,75-77H,11-49H2,1-10H3,(H,79,80,81)/t50-,51+,52-,53+,54-,55+,56-,57-,58+,59-,60+,62-,63+,64+,65-,66-,67+,69-,70+/m1/s1. The van der Waals surface area contributed by atoms with E-state index in [4.69, 9.17) is 23.7 Å². The maximum absolute atomic E-state index is 14.2. The fraction of sp³-hybridized carbons (Fsp3) is 0.971. The summed E-state index contributed by atoms with van der Waals surface area (Å²) in [6, 6.07) is 0. The predicted octanol–water partition coefficient (Wildman–Crippen LogP) is 14.5. The van der Waals surface area contributed by atoms with Gasteiger partial charge in [-0.15, -0.1) is 0 Å². The molecule has 0 aliphatic carbocycles. The van der Waals surface area contributed by atoms with Crippen molar-refractivity contribution in [2.24, 2.45) is 47.3 Å². The molecule has 522 valence electrons. The van der Waals surface area contributed by atoms with Crippen LogP contribution in [0.3, 0.4) is 0 Å². The van der Waals surface area contributed by atoms with Gasteiger partial charge in [0.05, 0.1) is 25.2 Å². The average molecular weight is 1280 g/mol. The van der Waals surface area contributed by atoms with Gasteiger partial charge in [0.2, 0.25) is 6.29 Å². The minimum atomic E-state index is -5.33. The van der Waals surface area contributed by atoms with Crippen LogP contribution in [0.5, 0.6) is 0 Å². The van der Waals surface area contributed by atoms with Crippen LogP contribution in [0, 0.1) is 47.3 Å². The summed E-state index contributed by atoms with van der Waals surface area (Å²) >= 11 is 0. The zero-order valence-corrected chi connectivity index (χ0v) is 58.0. The number of hydrogen-bond acceptors (Lipinski definition) is 16. The van der Waals surface area contributed by atoms with Crippen LogP contribution in [0.4, 0.5) is 0 Å². The van der Waals surface area contributed by atoms with Gasteiger partial charge in [-0.05, 0) is 99.2 Å². The zero-order chi connectivity index (χ0) is 65.4. The summed E-state index contributed by atoms with van der Waals surface area (Å²) in [5, 5.41) is 64.4. The van der Waals surface area contributed by atoms with Crippen LogP contribution in [0.15, 0.2) is 0 Å². The maximum atomic E-state index is 14.2. The van der Waals surface area contributed by atoms with E-state index in [-0.39, 0.29) is 18.4 Å². The highest BCUT2D eigenvalue weighted by molar-refractivity contribution is 7.80. The smallest absolute Gasteiger partial charge is 0.397 e. The van der Waals surface area contributed by atoms with Crippen LogP contribution < -0.4 is 0 Å². The summed E-state index contributed by atoms with van der Waals surface area (Å²) in [5.74, 6) is 0.754. The normalized spacial score (nSPS) is 25.7. The first-order valence-electron chi connectivity index (χ1n) is 35.9. The van der Waals surface area contributed by atoms with Crippen LogP contribution in [-0.2, 0) is 47.9 Å². The summed E-state index contributed by atoms with van der Waals surface area (Å²) < 4.78 is 67.6. The highest BCUT2D eigenvalue weighted by Gasteiger charge is 2.55. The topological polar surface area (TPSA) is 265 Å². The molecule has 0 unspecified atom stereocenters. The molecule has 19 atom stereocenters. The van der Waals surface area contributed by atoms with Crippen LogP contribution in [0.2, 0.25) is 0 Å². The molecule has 0 amide bonds. The molecule has 0 saturated carbocycles. The second-order valence-corrected chi connectivity index (χ2v) is 29.4. The molecule has 2 fully saturated rings. The molecule has 0 spiro atoms. The lowest BCUT2D eigenvalue weighted by molar-refractivity contribution is -0.374. The Hall–Kier alpha value is -1.55. The highest BCUT2D eigenvalue weighted by Crippen LogP contribution is 2.36. The molecule has 0 aromatic carbocycles. The van der Waals surface area contributed by atoms with Crippen molar-refractivity contribution in [3.05, 3.63) is 0 Å². The van der Waals surface area contributed by atoms with Gasteiger partial charge in [-0.2, -0.15) is 8.42 Å². The van der Waals surface area contributed by atoms with Gasteiger partial charge in [0.25, 0.3) is 0 Å². The predicted molar refractivity (Wildman–Crippen MR) is 348 cm³/mol. The van der Waals surface area contributed by atoms with Crippen molar-refractivity contribution in [2.45, 2.75) is 374 Å². The van der Waals surface area contributed by atoms with E-state index in [1.54, 1.807) is 6.92 Å². The van der Waals surface area contributed by atoms with Crippen LogP contribution in [-0.4, -0.2) is 136 Å². The average Bonchev–Trinajstić information content (AvgIpc) is 1.29. The van der Waals surface area contributed by atoms with Gasteiger partial charge in [0.1, 0.15) is 30.5 Å². The zero-order valence-electron chi connectivity index (χ0n) is 57.2. The van der Waals surface area contributed by atoms with Crippen molar-refractivity contribution >= 4 is 22.3 Å². The minimum absolute atomic E-state index is 0.0242. The molecule has 2 saturated heterocycles. The Bertz CT molecular complexity index is 1840. The lowest BCUT2D eigenvalue weighted by Gasteiger charge is -2.46. The largest absolute Gasteiger partial charge is 0.455 e. The summed E-state index contributed by atoms with van der Waals surface area (Å²) in [6.45, 7) is 20.4. The lowest BCUT2D eigenvalue weighted by Crippen LogP contribution is -2.65. The summed E-state index contributed by atoms with van der Waals surface area (Å²) in [7, 11) is -5.33. The number of aliphatic hydroxyl groups is 6. The second-order valence-electron chi connectivity index (χ2n) is 28.4. The van der Waals surface area contributed by atoms with E-state index >= 15 is 0 Å². The number of carbonyl (C=O) groups excluding carboxylic acids is 2. The third kappa shape index (κ3) is 36.2. The Balaban J connectivity index is 1.95. The first kappa shape index (κ1) is 82.5. The number of esters is 2. The monoisotopic (exact) mass is 1280 g/mol. The molecular weight excluding hydrogens is 1140 g/mol. The van der Waals surface area contributed by atoms with E-state index in [1.165, 1.54) is 141 Å². The molecule has 2 aliphatic heterocycles. The van der Waals surface area contributed by atoms with Crippen molar-refractivity contribution in [2.75, 3.05) is 13.2 Å². The molecule has 2 rings (SSSR count). The number of ether oxygens (including phenoxy) is 5. The van der Waals surface area contributed by atoms with E-state index in [9.17, 15) is 53.2 Å². The van der Waals surface area contributed by atoms with Gasteiger partial charge in [-0.25, -0.2) is 4.18 Å². The Labute approximate surface area is 536 Å². The highest BCUT2D eigenvalue weighted by atomic mass is 32.3. The van der Waals surface area contributed by atoms with Gasteiger partial charge < -0.3 is 54.3 Å². The molecule has 0 radical (unpaired) electrons. The molecule has 88 heavy (non-hydrogen) atoms. The van der Waals surface area contributed by atoms with Crippen molar-refractivity contribution in [1.29, 1.82) is 0 Å². The van der Waals surface area contributed by atoms with Crippen LogP contribution >= 0.6 is 0 Å². The summed E-state index contributed by atoms with van der Waals surface area (Å²) in [6.07, 6.45) is 23.6. The Morgan fingerprint density at radius 1 is 0.443 bits per heavy atom.